The number of hydrogen-bond donors (Lipinski definition) is 2. The monoisotopic (exact) mass is 410 g/mol. The van der Waals surface area contributed by atoms with Gasteiger partial charge in [0.1, 0.15) is 11.4 Å². The molecule has 2 aromatic heterocycles. The highest BCUT2D eigenvalue weighted by molar-refractivity contribution is 7.18. The molecule has 0 fully saturated rings. The first-order valence-electron chi connectivity index (χ1n) is 9.62. The summed E-state index contributed by atoms with van der Waals surface area (Å²) in [6, 6.07) is 8.80. The van der Waals surface area contributed by atoms with Crippen molar-refractivity contribution in [1.29, 1.82) is 0 Å². The van der Waals surface area contributed by atoms with Gasteiger partial charge in [0.25, 0.3) is 5.56 Å². The SMILES string of the molecule is CC1CCc2c(sc3ncn(CC(=O)NC(=O)NCc4ccccc4)c(=O)c23)C1. The Morgan fingerprint density at radius 2 is 2.07 bits per heavy atom. The lowest BCUT2D eigenvalue weighted by molar-refractivity contribution is -0.120. The minimum Gasteiger partial charge on any atom is -0.334 e. The van der Waals surface area contributed by atoms with Crippen molar-refractivity contribution >= 4 is 33.5 Å². The van der Waals surface area contributed by atoms with Gasteiger partial charge in [-0.15, -0.1) is 11.3 Å². The molecule has 1 unspecified atom stereocenters. The molecule has 1 aliphatic rings. The van der Waals surface area contributed by atoms with Crippen LogP contribution >= 0.6 is 11.3 Å². The Bertz CT molecular complexity index is 1120. The Morgan fingerprint density at radius 3 is 2.86 bits per heavy atom. The molecule has 0 radical (unpaired) electrons. The molecular formula is C21H22N4O3S. The van der Waals surface area contributed by atoms with Gasteiger partial charge >= 0.3 is 6.03 Å². The lowest BCUT2D eigenvalue weighted by atomic mass is 9.89. The van der Waals surface area contributed by atoms with Crippen LogP contribution in [0, 0.1) is 5.92 Å². The predicted molar refractivity (Wildman–Crippen MR) is 112 cm³/mol. The maximum absolute atomic E-state index is 12.9. The van der Waals surface area contributed by atoms with Gasteiger partial charge < -0.3 is 5.32 Å². The number of aromatic nitrogens is 2. The molecule has 3 aromatic rings. The Labute approximate surface area is 171 Å². The second-order valence-corrected chi connectivity index (χ2v) is 8.51. The highest BCUT2D eigenvalue weighted by atomic mass is 32.1. The van der Waals surface area contributed by atoms with Crippen LogP contribution in [0.4, 0.5) is 4.79 Å². The normalized spacial score (nSPS) is 15.7. The Balaban J connectivity index is 1.43. The maximum Gasteiger partial charge on any atom is 0.321 e. The number of hydrogen-bond acceptors (Lipinski definition) is 5. The number of carbonyl (C=O) groups excluding carboxylic acids is 2. The third-order valence-corrected chi connectivity index (χ3v) is 6.31. The summed E-state index contributed by atoms with van der Waals surface area (Å²) in [7, 11) is 0. The summed E-state index contributed by atoms with van der Waals surface area (Å²) >= 11 is 1.57. The zero-order chi connectivity index (χ0) is 20.4. The van der Waals surface area contributed by atoms with Crippen molar-refractivity contribution in [2.75, 3.05) is 0 Å². The number of carbonyl (C=O) groups is 2. The number of thiophene rings is 1. The Hall–Kier alpha value is -3.00. The van der Waals surface area contributed by atoms with E-state index in [1.165, 1.54) is 15.8 Å². The molecule has 2 N–H and O–H groups in total. The fourth-order valence-corrected chi connectivity index (χ4v) is 4.96. The predicted octanol–water partition coefficient (Wildman–Crippen LogP) is 2.61. The minimum atomic E-state index is -0.595. The van der Waals surface area contributed by atoms with E-state index in [-0.39, 0.29) is 12.1 Å². The van der Waals surface area contributed by atoms with Crippen molar-refractivity contribution < 1.29 is 9.59 Å². The highest BCUT2D eigenvalue weighted by Crippen LogP contribution is 2.35. The molecule has 0 spiro atoms. The summed E-state index contributed by atoms with van der Waals surface area (Å²) in [6.07, 6.45) is 4.27. The molecule has 1 aliphatic carbocycles. The molecule has 1 aromatic carbocycles. The highest BCUT2D eigenvalue weighted by Gasteiger charge is 2.23. The van der Waals surface area contributed by atoms with Gasteiger partial charge in [0.2, 0.25) is 5.91 Å². The third-order valence-electron chi connectivity index (χ3n) is 5.14. The third kappa shape index (κ3) is 4.22. The zero-order valence-corrected chi connectivity index (χ0v) is 16.9. The Morgan fingerprint density at radius 1 is 1.28 bits per heavy atom. The van der Waals surface area contributed by atoms with Gasteiger partial charge in [-0.2, -0.15) is 0 Å². The van der Waals surface area contributed by atoms with Crippen molar-refractivity contribution in [2.45, 2.75) is 39.3 Å². The van der Waals surface area contributed by atoms with E-state index >= 15 is 0 Å². The minimum absolute atomic E-state index is 0.220. The van der Waals surface area contributed by atoms with Crippen LogP contribution in [0.25, 0.3) is 10.2 Å². The van der Waals surface area contributed by atoms with Crippen LogP contribution in [-0.2, 0) is 30.7 Å². The number of fused-ring (bicyclic) bond motifs is 3. The summed E-state index contributed by atoms with van der Waals surface area (Å²) in [4.78, 5) is 43.4. The molecule has 0 aliphatic heterocycles. The number of amides is 3. The van der Waals surface area contributed by atoms with Crippen LogP contribution in [0.5, 0.6) is 0 Å². The molecule has 3 amide bonds. The molecule has 0 saturated carbocycles. The van der Waals surface area contributed by atoms with E-state index in [0.29, 0.717) is 17.8 Å². The van der Waals surface area contributed by atoms with E-state index in [1.807, 2.05) is 30.3 Å². The second-order valence-electron chi connectivity index (χ2n) is 7.43. The maximum atomic E-state index is 12.9. The van der Waals surface area contributed by atoms with Crippen molar-refractivity contribution in [3.63, 3.8) is 0 Å². The van der Waals surface area contributed by atoms with Crippen LogP contribution in [0.2, 0.25) is 0 Å². The van der Waals surface area contributed by atoms with E-state index in [2.05, 4.69) is 22.5 Å². The number of aryl methyl sites for hydroxylation is 1. The lowest BCUT2D eigenvalue weighted by Gasteiger charge is -2.17. The first kappa shape index (κ1) is 19.3. The van der Waals surface area contributed by atoms with Gasteiger partial charge in [0, 0.05) is 11.4 Å². The zero-order valence-electron chi connectivity index (χ0n) is 16.1. The number of imide groups is 1. The van der Waals surface area contributed by atoms with Gasteiger partial charge in [-0.1, -0.05) is 37.3 Å². The largest absolute Gasteiger partial charge is 0.334 e. The van der Waals surface area contributed by atoms with Crippen molar-refractivity contribution in [3.8, 4) is 0 Å². The summed E-state index contributed by atoms with van der Waals surface area (Å²) in [5.74, 6) is 0.0505. The first-order chi connectivity index (χ1) is 14.0. The molecule has 0 bridgehead atoms. The average molecular weight is 410 g/mol. The fraction of sp³-hybridized carbons (Fsp3) is 0.333. The molecule has 150 valence electrons. The molecule has 29 heavy (non-hydrogen) atoms. The smallest absolute Gasteiger partial charge is 0.321 e. The number of nitrogens with one attached hydrogen (secondary N) is 2. The topological polar surface area (TPSA) is 93.1 Å². The molecule has 8 heteroatoms. The molecule has 2 heterocycles. The van der Waals surface area contributed by atoms with E-state index < -0.39 is 11.9 Å². The summed E-state index contributed by atoms with van der Waals surface area (Å²) in [5.41, 5.74) is 1.79. The number of rotatable bonds is 4. The molecule has 4 rings (SSSR count). The first-order valence-corrected chi connectivity index (χ1v) is 10.4. The van der Waals surface area contributed by atoms with Gasteiger partial charge in [-0.05, 0) is 36.3 Å². The number of urea groups is 1. The van der Waals surface area contributed by atoms with E-state index in [4.69, 9.17) is 0 Å². The molecular weight excluding hydrogens is 388 g/mol. The quantitative estimate of drug-likeness (QED) is 0.691. The van der Waals surface area contributed by atoms with Crippen LogP contribution in [-0.4, -0.2) is 21.5 Å². The van der Waals surface area contributed by atoms with Crippen LogP contribution in [0.1, 0.15) is 29.3 Å². The van der Waals surface area contributed by atoms with E-state index in [9.17, 15) is 14.4 Å². The van der Waals surface area contributed by atoms with Crippen LogP contribution < -0.4 is 16.2 Å². The van der Waals surface area contributed by atoms with Crippen molar-refractivity contribution in [3.05, 3.63) is 63.0 Å². The standard InChI is InChI=1S/C21H22N4O3S/c1-13-7-8-15-16(9-13)29-19-18(15)20(27)25(12-23-19)11-17(26)24-21(28)22-10-14-5-3-2-4-6-14/h2-6,12-13H,7-11H2,1H3,(H2,22,24,26,28). The van der Waals surface area contributed by atoms with E-state index in [1.54, 1.807) is 11.3 Å². The summed E-state index contributed by atoms with van der Waals surface area (Å²) in [6.45, 7) is 2.28. The van der Waals surface area contributed by atoms with Crippen LogP contribution in [0.3, 0.4) is 0 Å². The molecule has 7 nitrogen and oxygen atoms in total. The van der Waals surface area contributed by atoms with Gasteiger partial charge in [0.05, 0.1) is 11.7 Å². The van der Waals surface area contributed by atoms with Crippen molar-refractivity contribution in [1.82, 2.24) is 20.2 Å². The van der Waals surface area contributed by atoms with Gasteiger partial charge in [-0.25, -0.2) is 9.78 Å². The average Bonchev–Trinajstić information content (AvgIpc) is 3.07. The van der Waals surface area contributed by atoms with Gasteiger partial charge in [-0.3, -0.25) is 19.5 Å². The van der Waals surface area contributed by atoms with Crippen molar-refractivity contribution in [2.24, 2.45) is 5.92 Å². The van der Waals surface area contributed by atoms with E-state index in [0.717, 1.165) is 35.2 Å². The molecule has 0 saturated heterocycles. The lowest BCUT2D eigenvalue weighted by Crippen LogP contribution is -2.41. The second kappa shape index (κ2) is 8.16. The molecule has 1 atom stereocenters. The summed E-state index contributed by atoms with van der Waals surface area (Å²) in [5, 5.41) is 5.52. The Kier molecular flexibility index (Phi) is 5.44. The van der Waals surface area contributed by atoms with Gasteiger partial charge in [0.15, 0.2) is 0 Å². The fourth-order valence-electron chi connectivity index (χ4n) is 3.62. The number of benzene rings is 1. The van der Waals surface area contributed by atoms with Crippen LogP contribution in [0.15, 0.2) is 41.5 Å². The number of nitrogens with zero attached hydrogens (tertiary/aromatic N) is 2. The summed E-state index contributed by atoms with van der Waals surface area (Å²) < 4.78 is 1.27.